The predicted molar refractivity (Wildman–Crippen MR) is 63.7 cm³/mol. The largest absolute Gasteiger partial charge is 0.353 e. The van der Waals surface area contributed by atoms with E-state index in [4.69, 9.17) is 0 Å². The van der Waals surface area contributed by atoms with Crippen LogP contribution in [0.5, 0.6) is 0 Å². The first-order chi connectivity index (χ1) is 7.24. The molecule has 1 saturated carbocycles. The molecule has 2 heteroatoms. The number of carbonyl (C=O) groups is 1. The molecule has 0 aromatic heterocycles. The standard InChI is InChI=1S/C13H25NO/c1-3-4-5-8-11(2)14-13(15)12-9-6-7-10-12/h11-12H,3-10H2,1-2H3,(H,14,15). The van der Waals surface area contributed by atoms with E-state index in [2.05, 4.69) is 19.2 Å². The SMILES string of the molecule is CCCCCC(C)NC(=O)C1CCCC1. The van der Waals surface area contributed by atoms with Gasteiger partial charge in [-0.3, -0.25) is 4.79 Å². The minimum Gasteiger partial charge on any atom is -0.353 e. The lowest BCUT2D eigenvalue weighted by Gasteiger charge is -2.16. The van der Waals surface area contributed by atoms with E-state index in [1.54, 1.807) is 0 Å². The molecular weight excluding hydrogens is 186 g/mol. The van der Waals surface area contributed by atoms with Crippen molar-refractivity contribution in [1.29, 1.82) is 0 Å². The Labute approximate surface area is 93.8 Å². The van der Waals surface area contributed by atoms with Crippen LogP contribution in [0.3, 0.4) is 0 Å². The molecule has 1 amide bonds. The first-order valence-electron chi connectivity index (χ1n) is 6.54. The second-order valence-electron chi connectivity index (χ2n) is 4.89. The molecule has 0 aromatic carbocycles. The number of rotatable bonds is 6. The third-order valence-electron chi connectivity index (χ3n) is 3.36. The molecule has 0 saturated heterocycles. The first-order valence-corrected chi connectivity index (χ1v) is 6.54. The van der Waals surface area contributed by atoms with Crippen LogP contribution in [0.2, 0.25) is 0 Å². The van der Waals surface area contributed by atoms with Gasteiger partial charge in [0.25, 0.3) is 0 Å². The van der Waals surface area contributed by atoms with Crippen molar-refractivity contribution in [3.8, 4) is 0 Å². The minimum absolute atomic E-state index is 0.302. The van der Waals surface area contributed by atoms with Crippen molar-refractivity contribution in [2.45, 2.75) is 71.3 Å². The number of hydrogen-bond donors (Lipinski definition) is 1. The molecule has 15 heavy (non-hydrogen) atoms. The van der Waals surface area contributed by atoms with Gasteiger partial charge in [0, 0.05) is 12.0 Å². The Bertz CT molecular complexity index is 185. The molecule has 2 nitrogen and oxygen atoms in total. The summed E-state index contributed by atoms with van der Waals surface area (Å²) in [5, 5.41) is 3.14. The Morgan fingerprint density at radius 3 is 2.60 bits per heavy atom. The van der Waals surface area contributed by atoms with Gasteiger partial charge in [-0.15, -0.1) is 0 Å². The molecule has 0 aromatic rings. The van der Waals surface area contributed by atoms with Crippen LogP contribution in [0, 0.1) is 5.92 Å². The maximum absolute atomic E-state index is 11.8. The highest BCUT2D eigenvalue weighted by Gasteiger charge is 2.23. The molecule has 0 aliphatic heterocycles. The Kier molecular flexibility index (Phi) is 5.74. The summed E-state index contributed by atoms with van der Waals surface area (Å²) in [5.41, 5.74) is 0. The summed E-state index contributed by atoms with van der Waals surface area (Å²) in [6.45, 7) is 4.34. The predicted octanol–water partition coefficient (Wildman–Crippen LogP) is 3.26. The lowest BCUT2D eigenvalue weighted by Crippen LogP contribution is -2.36. The van der Waals surface area contributed by atoms with Crippen LogP contribution in [0.4, 0.5) is 0 Å². The first kappa shape index (κ1) is 12.5. The summed E-state index contributed by atoms with van der Waals surface area (Å²) >= 11 is 0. The van der Waals surface area contributed by atoms with Gasteiger partial charge in [-0.05, 0) is 26.2 Å². The van der Waals surface area contributed by atoms with Crippen LogP contribution >= 0.6 is 0 Å². The van der Waals surface area contributed by atoms with Gasteiger partial charge >= 0.3 is 0 Å². The molecule has 1 aliphatic carbocycles. The Morgan fingerprint density at radius 1 is 1.33 bits per heavy atom. The quantitative estimate of drug-likeness (QED) is 0.671. The second-order valence-corrected chi connectivity index (χ2v) is 4.89. The van der Waals surface area contributed by atoms with Gasteiger partial charge in [0.05, 0.1) is 0 Å². The highest BCUT2D eigenvalue weighted by molar-refractivity contribution is 5.79. The molecule has 1 rings (SSSR count). The topological polar surface area (TPSA) is 29.1 Å². The van der Waals surface area contributed by atoms with Gasteiger partial charge in [-0.1, -0.05) is 39.0 Å². The zero-order valence-electron chi connectivity index (χ0n) is 10.2. The Morgan fingerprint density at radius 2 is 2.00 bits per heavy atom. The molecule has 0 heterocycles. The van der Waals surface area contributed by atoms with E-state index in [9.17, 15) is 4.79 Å². The minimum atomic E-state index is 0.302. The zero-order chi connectivity index (χ0) is 11.1. The van der Waals surface area contributed by atoms with Crippen molar-refractivity contribution in [3.05, 3.63) is 0 Å². The third-order valence-corrected chi connectivity index (χ3v) is 3.36. The molecule has 1 N–H and O–H groups in total. The smallest absolute Gasteiger partial charge is 0.223 e. The fourth-order valence-corrected chi connectivity index (χ4v) is 2.32. The van der Waals surface area contributed by atoms with Gasteiger partial charge < -0.3 is 5.32 Å². The fraction of sp³-hybridized carbons (Fsp3) is 0.923. The molecule has 1 aliphatic rings. The van der Waals surface area contributed by atoms with Crippen molar-refractivity contribution in [1.82, 2.24) is 5.32 Å². The molecule has 0 radical (unpaired) electrons. The van der Waals surface area contributed by atoms with Crippen LogP contribution in [0.15, 0.2) is 0 Å². The number of hydrogen-bond acceptors (Lipinski definition) is 1. The lowest BCUT2D eigenvalue weighted by atomic mass is 10.1. The van der Waals surface area contributed by atoms with Gasteiger partial charge in [0.1, 0.15) is 0 Å². The van der Waals surface area contributed by atoms with E-state index in [0.29, 0.717) is 17.9 Å². The van der Waals surface area contributed by atoms with Crippen molar-refractivity contribution >= 4 is 5.91 Å². The van der Waals surface area contributed by atoms with Crippen LogP contribution < -0.4 is 5.32 Å². The summed E-state index contributed by atoms with van der Waals surface area (Å²) in [6, 6.07) is 0.365. The Hall–Kier alpha value is -0.530. The number of nitrogens with one attached hydrogen (secondary N) is 1. The average Bonchev–Trinajstić information content (AvgIpc) is 2.70. The molecule has 88 valence electrons. The normalized spacial score (nSPS) is 19.1. The summed E-state index contributed by atoms with van der Waals surface area (Å²) < 4.78 is 0. The highest BCUT2D eigenvalue weighted by Crippen LogP contribution is 2.24. The van der Waals surface area contributed by atoms with Gasteiger partial charge in [0.2, 0.25) is 5.91 Å². The van der Waals surface area contributed by atoms with Gasteiger partial charge in [0.15, 0.2) is 0 Å². The maximum Gasteiger partial charge on any atom is 0.223 e. The number of carbonyl (C=O) groups excluding carboxylic acids is 1. The Balaban J connectivity index is 2.13. The lowest BCUT2D eigenvalue weighted by molar-refractivity contribution is -0.125. The number of unbranched alkanes of at least 4 members (excludes halogenated alkanes) is 2. The maximum atomic E-state index is 11.8. The summed E-state index contributed by atoms with van der Waals surface area (Å²) in [7, 11) is 0. The van der Waals surface area contributed by atoms with E-state index in [0.717, 1.165) is 19.3 Å². The van der Waals surface area contributed by atoms with Crippen LogP contribution in [-0.2, 0) is 4.79 Å². The molecule has 1 fully saturated rings. The van der Waals surface area contributed by atoms with Crippen molar-refractivity contribution in [2.75, 3.05) is 0 Å². The summed E-state index contributed by atoms with van der Waals surface area (Å²) in [5.74, 6) is 0.620. The fourth-order valence-electron chi connectivity index (χ4n) is 2.32. The second kappa shape index (κ2) is 6.86. The molecular formula is C13H25NO. The number of amides is 1. The van der Waals surface area contributed by atoms with E-state index in [1.165, 1.54) is 32.1 Å². The van der Waals surface area contributed by atoms with Crippen molar-refractivity contribution in [3.63, 3.8) is 0 Å². The zero-order valence-corrected chi connectivity index (χ0v) is 10.2. The molecule has 0 bridgehead atoms. The van der Waals surface area contributed by atoms with E-state index in [-0.39, 0.29) is 0 Å². The van der Waals surface area contributed by atoms with Crippen LogP contribution in [0.25, 0.3) is 0 Å². The van der Waals surface area contributed by atoms with E-state index < -0.39 is 0 Å². The average molecular weight is 211 g/mol. The van der Waals surface area contributed by atoms with Crippen LogP contribution in [0.1, 0.15) is 65.2 Å². The molecule has 0 spiro atoms. The summed E-state index contributed by atoms with van der Waals surface area (Å²) in [4.78, 5) is 11.8. The van der Waals surface area contributed by atoms with Gasteiger partial charge in [-0.25, -0.2) is 0 Å². The van der Waals surface area contributed by atoms with Crippen molar-refractivity contribution < 1.29 is 4.79 Å². The monoisotopic (exact) mass is 211 g/mol. The van der Waals surface area contributed by atoms with Gasteiger partial charge in [-0.2, -0.15) is 0 Å². The highest BCUT2D eigenvalue weighted by atomic mass is 16.1. The summed E-state index contributed by atoms with van der Waals surface area (Å²) in [6.07, 6.45) is 9.59. The van der Waals surface area contributed by atoms with E-state index in [1.807, 2.05) is 0 Å². The molecule has 1 atom stereocenters. The van der Waals surface area contributed by atoms with Crippen LogP contribution in [-0.4, -0.2) is 11.9 Å². The van der Waals surface area contributed by atoms with E-state index >= 15 is 0 Å². The molecule has 1 unspecified atom stereocenters. The third kappa shape index (κ3) is 4.67. The van der Waals surface area contributed by atoms with Crippen molar-refractivity contribution in [2.24, 2.45) is 5.92 Å².